The number of aryl methyl sites for hydroxylation is 1. The highest BCUT2D eigenvalue weighted by molar-refractivity contribution is 5.56. The van der Waals surface area contributed by atoms with Crippen molar-refractivity contribution in [3.63, 3.8) is 0 Å². The molecular formula is C18H20N6O4. The standard InChI is InChI=1S/C18H20N6O4/c1-13-10-15(20-27-13)11-22-6-8-23(9-7-22)12-17-19-18(21-28-17)14-2-4-16(5-3-14)24(25)26/h2-5,10H,6-9,11-12H2,1H3. The number of nitrogens with zero attached hydrogens (tertiary/aromatic N) is 6. The van der Waals surface area contributed by atoms with Gasteiger partial charge in [-0.1, -0.05) is 10.3 Å². The highest BCUT2D eigenvalue weighted by Gasteiger charge is 2.20. The lowest BCUT2D eigenvalue weighted by Crippen LogP contribution is -2.45. The number of hydrogen-bond acceptors (Lipinski definition) is 9. The average molecular weight is 384 g/mol. The number of aromatic nitrogens is 3. The van der Waals surface area contributed by atoms with Crippen LogP contribution in [-0.4, -0.2) is 56.2 Å². The number of hydrogen-bond donors (Lipinski definition) is 0. The summed E-state index contributed by atoms with van der Waals surface area (Å²) in [5.74, 6) is 1.80. The molecule has 1 aliphatic heterocycles. The molecule has 10 heteroatoms. The molecule has 4 rings (SSSR count). The van der Waals surface area contributed by atoms with Gasteiger partial charge >= 0.3 is 0 Å². The SMILES string of the molecule is Cc1cc(CN2CCN(Cc3nc(-c4ccc([N+](=O)[O-])cc4)no3)CC2)no1. The first-order chi connectivity index (χ1) is 13.6. The molecule has 1 aromatic carbocycles. The molecule has 10 nitrogen and oxygen atoms in total. The van der Waals surface area contributed by atoms with E-state index in [9.17, 15) is 10.1 Å². The van der Waals surface area contributed by atoms with Crippen molar-refractivity contribution in [1.29, 1.82) is 0 Å². The van der Waals surface area contributed by atoms with Crippen LogP contribution in [0.4, 0.5) is 5.69 Å². The summed E-state index contributed by atoms with van der Waals surface area (Å²) in [6.45, 7) is 6.90. The van der Waals surface area contributed by atoms with E-state index in [1.165, 1.54) is 12.1 Å². The number of nitro benzene ring substituents is 1. The van der Waals surface area contributed by atoms with Gasteiger partial charge in [-0.15, -0.1) is 0 Å². The molecular weight excluding hydrogens is 364 g/mol. The molecule has 0 bridgehead atoms. The molecule has 0 N–H and O–H groups in total. The maximum atomic E-state index is 10.7. The van der Waals surface area contributed by atoms with Crippen molar-refractivity contribution in [2.24, 2.45) is 0 Å². The average Bonchev–Trinajstić information content (AvgIpc) is 3.32. The molecule has 146 valence electrons. The predicted molar refractivity (Wildman–Crippen MR) is 98.2 cm³/mol. The monoisotopic (exact) mass is 384 g/mol. The Morgan fingerprint density at radius 2 is 1.71 bits per heavy atom. The maximum Gasteiger partial charge on any atom is 0.269 e. The molecule has 28 heavy (non-hydrogen) atoms. The van der Waals surface area contributed by atoms with Crippen LogP contribution in [0.15, 0.2) is 39.4 Å². The first-order valence-electron chi connectivity index (χ1n) is 9.01. The predicted octanol–water partition coefficient (Wildman–Crippen LogP) is 2.26. The second-order valence-electron chi connectivity index (χ2n) is 6.80. The first kappa shape index (κ1) is 18.3. The third-order valence-corrected chi connectivity index (χ3v) is 4.69. The zero-order valence-corrected chi connectivity index (χ0v) is 15.4. The normalized spacial score (nSPS) is 15.8. The third kappa shape index (κ3) is 4.24. The summed E-state index contributed by atoms with van der Waals surface area (Å²) < 4.78 is 10.5. The smallest absolute Gasteiger partial charge is 0.269 e. The van der Waals surface area contributed by atoms with Crippen molar-refractivity contribution in [3.05, 3.63) is 57.8 Å². The fraction of sp³-hybridized carbons (Fsp3) is 0.389. The van der Waals surface area contributed by atoms with Gasteiger partial charge in [0.05, 0.1) is 17.2 Å². The minimum atomic E-state index is -0.436. The van der Waals surface area contributed by atoms with E-state index in [0.29, 0.717) is 23.8 Å². The Kier molecular flexibility index (Phi) is 5.13. The molecule has 1 saturated heterocycles. The summed E-state index contributed by atoms with van der Waals surface area (Å²) in [6.07, 6.45) is 0. The molecule has 0 unspecified atom stereocenters. The molecule has 0 saturated carbocycles. The van der Waals surface area contributed by atoms with E-state index in [0.717, 1.165) is 44.2 Å². The van der Waals surface area contributed by atoms with E-state index in [-0.39, 0.29) is 5.69 Å². The highest BCUT2D eigenvalue weighted by Crippen LogP contribution is 2.20. The van der Waals surface area contributed by atoms with Crippen molar-refractivity contribution in [3.8, 4) is 11.4 Å². The van der Waals surface area contributed by atoms with Crippen LogP contribution >= 0.6 is 0 Å². The van der Waals surface area contributed by atoms with Gasteiger partial charge in [-0.25, -0.2) is 0 Å². The van der Waals surface area contributed by atoms with Crippen molar-refractivity contribution < 1.29 is 14.0 Å². The van der Waals surface area contributed by atoms with Crippen LogP contribution in [0.5, 0.6) is 0 Å². The van der Waals surface area contributed by atoms with Crippen LogP contribution < -0.4 is 0 Å². The molecule has 3 aromatic rings. The van der Waals surface area contributed by atoms with Gasteiger partial charge in [0.15, 0.2) is 0 Å². The lowest BCUT2D eigenvalue weighted by molar-refractivity contribution is -0.384. The molecule has 0 atom stereocenters. The number of non-ortho nitro benzene ring substituents is 1. The molecule has 0 aliphatic carbocycles. The van der Waals surface area contributed by atoms with E-state index in [1.807, 2.05) is 13.0 Å². The number of rotatable bonds is 6. The summed E-state index contributed by atoms with van der Waals surface area (Å²) in [4.78, 5) is 19.3. The van der Waals surface area contributed by atoms with Gasteiger partial charge in [0.25, 0.3) is 5.69 Å². The Morgan fingerprint density at radius 1 is 1.04 bits per heavy atom. The number of piperazine rings is 1. The third-order valence-electron chi connectivity index (χ3n) is 4.69. The van der Waals surface area contributed by atoms with E-state index >= 15 is 0 Å². The Morgan fingerprint density at radius 3 is 2.32 bits per heavy atom. The largest absolute Gasteiger partial charge is 0.361 e. The van der Waals surface area contributed by atoms with Gasteiger partial charge in [-0.2, -0.15) is 4.98 Å². The summed E-state index contributed by atoms with van der Waals surface area (Å²) in [5, 5.41) is 18.8. The zero-order chi connectivity index (χ0) is 19.5. The molecule has 1 aliphatic rings. The van der Waals surface area contributed by atoms with E-state index in [1.54, 1.807) is 12.1 Å². The van der Waals surface area contributed by atoms with Gasteiger partial charge in [0.1, 0.15) is 5.76 Å². The molecule has 1 fully saturated rings. The van der Waals surface area contributed by atoms with Crippen LogP contribution in [0.25, 0.3) is 11.4 Å². The summed E-state index contributed by atoms with van der Waals surface area (Å²) in [5.41, 5.74) is 1.68. The fourth-order valence-corrected chi connectivity index (χ4v) is 3.19. The van der Waals surface area contributed by atoms with Crippen LogP contribution in [0.3, 0.4) is 0 Å². The van der Waals surface area contributed by atoms with Gasteiger partial charge in [0, 0.05) is 56.5 Å². The van der Waals surface area contributed by atoms with Crippen LogP contribution in [0.1, 0.15) is 17.3 Å². The highest BCUT2D eigenvalue weighted by atomic mass is 16.6. The molecule has 0 amide bonds. The van der Waals surface area contributed by atoms with E-state index in [4.69, 9.17) is 9.05 Å². The molecule has 0 spiro atoms. The minimum Gasteiger partial charge on any atom is -0.361 e. The van der Waals surface area contributed by atoms with Gasteiger partial charge in [0.2, 0.25) is 11.7 Å². The van der Waals surface area contributed by atoms with Gasteiger partial charge in [-0.05, 0) is 19.1 Å². The van der Waals surface area contributed by atoms with Crippen molar-refractivity contribution in [2.45, 2.75) is 20.0 Å². The number of nitro groups is 1. The second-order valence-corrected chi connectivity index (χ2v) is 6.80. The number of benzene rings is 1. The Balaban J connectivity index is 1.30. The summed E-state index contributed by atoms with van der Waals surface area (Å²) >= 11 is 0. The van der Waals surface area contributed by atoms with Crippen LogP contribution in [0.2, 0.25) is 0 Å². The molecule has 3 heterocycles. The van der Waals surface area contributed by atoms with Crippen molar-refractivity contribution in [2.75, 3.05) is 26.2 Å². The quantitative estimate of drug-likeness (QED) is 0.466. The van der Waals surface area contributed by atoms with E-state index in [2.05, 4.69) is 25.1 Å². The molecule has 2 aromatic heterocycles. The van der Waals surface area contributed by atoms with Gasteiger partial charge in [-0.3, -0.25) is 19.9 Å². The lowest BCUT2D eigenvalue weighted by Gasteiger charge is -2.33. The Labute approximate surface area is 160 Å². The van der Waals surface area contributed by atoms with Crippen LogP contribution in [0, 0.1) is 17.0 Å². The van der Waals surface area contributed by atoms with Crippen molar-refractivity contribution in [1.82, 2.24) is 25.1 Å². The lowest BCUT2D eigenvalue weighted by atomic mass is 10.2. The summed E-state index contributed by atoms with van der Waals surface area (Å²) in [7, 11) is 0. The molecule has 0 radical (unpaired) electrons. The minimum absolute atomic E-state index is 0.0334. The first-order valence-corrected chi connectivity index (χ1v) is 9.01. The fourth-order valence-electron chi connectivity index (χ4n) is 3.19. The van der Waals surface area contributed by atoms with Gasteiger partial charge < -0.3 is 9.05 Å². The topological polar surface area (TPSA) is 115 Å². The Bertz CT molecular complexity index is 943. The van der Waals surface area contributed by atoms with E-state index < -0.39 is 4.92 Å². The summed E-state index contributed by atoms with van der Waals surface area (Å²) in [6, 6.07) is 8.07. The zero-order valence-electron chi connectivity index (χ0n) is 15.4. The maximum absolute atomic E-state index is 10.7. The van der Waals surface area contributed by atoms with Crippen LogP contribution in [-0.2, 0) is 13.1 Å². The second kappa shape index (κ2) is 7.87. The Hall–Kier alpha value is -3.11. The van der Waals surface area contributed by atoms with Crippen molar-refractivity contribution >= 4 is 5.69 Å².